The molecule has 0 saturated heterocycles. The molecule has 1 nitrogen and oxygen atoms in total. The number of hydrogen-bond donors (Lipinski definition) is 0. The third kappa shape index (κ3) is 1.34. The normalized spacial score (nSPS) is 44.8. The molecule has 1 heteroatoms. The molecule has 0 aromatic rings. The fourth-order valence-electron chi connectivity index (χ4n) is 3.19. The Morgan fingerprint density at radius 1 is 1.54 bits per heavy atom. The van der Waals surface area contributed by atoms with Crippen molar-refractivity contribution >= 4 is 6.29 Å². The molecule has 13 heavy (non-hydrogen) atoms. The maximum Gasteiger partial charge on any atom is 0.123 e. The molecule has 5 unspecified atom stereocenters. The monoisotopic (exact) mass is 178 g/mol. The molecule has 1 fully saturated rings. The number of allylic oxidation sites excluding steroid dienone is 2. The number of carbonyl (C=O) groups is 1. The molecule has 0 radical (unpaired) electrons. The van der Waals surface area contributed by atoms with Crippen LogP contribution in [0.3, 0.4) is 0 Å². The van der Waals surface area contributed by atoms with Gasteiger partial charge in [-0.3, -0.25) is 0 Å². The van der Waals surface area contributed by atoms with Crippen molar-refractivity contribution in [3.63, 3.8) is 0 Å². The van der Waals surface area contributed by atoms with Gasteiger partial charge in [-0.15, -0.1) is 0 Å². The summed E-state index contributed by atoms with van der Waals surface area (Å²) in [6.45, 7) is 4.40. The lowest BCUT2D eigenvalue weighted by molar-refractivity contribution is -0.112. The van der Waals surface area contributed by atoms with E-state index in [-0.39, 0.29) is 5.92 Å². The van der Waals surface area contributed by atoms with Crippen LogP contribution in [0.15, 0.2) is 12.2 Å². The van der Waals surface area contributed by atoms with Gasteiger partial charge in [0.25, 0.3) is 0 Å². The standard InChI is InChI=1S/C12H18O/c1-8-6-12(9(2)7-13)11-5-3-4-10(8)11/h3,5,7-12H,4,6H2,1-2H3. The summed E-state index contributed by atoms with van der Waals surface area (Å²) in [7, 11) is 0. The van der Waals surface area contributed by atoms with E-state index in [9.17, 15) is 4.79 Å². The predicted octanol–water partition coefficient (Wildman–Crippen LogP) is 2.67. The highest BCUT2D eigenvalue weighted by Crippen LogP contribution is 2.49. The maximum absolute atomic E-state index is 10.8. The van der Waals surface area contributed by atoms with Crippen molar-refractivity contribution in [2.75, 3.05) is 0 Å². The summed E-state index contributed by atoms with van der Waals surface area (Å²) >= 11 is 0. The van der Waals surface area contributed by atoms with Gasteiger partial charge < -0.3 is 4.79 Å². The third-order valence-electron chi connectivity index (χ3n) is 4.02. The van der Waals surface area contributed by atoms with Crippen LogP contribution in [0.25, 0.3) is 0 Å². The predicted molar refractivity (Wildman–Crippen MR) is 53.2 cm³/mol. The summed E-state index contributed by atoms with van der Waals surface area (Å²) in [4.78, 5) is 10.8. The second-order valence-electron chi connectivity index (χ2n) is 4.78. The zero-order chi connectivity index (χ0) is 9.42. The van der Waals surface area contributed by atoms with Crippen LogP contribution in [0.5, 0.6) is 0 Å². The van der Waals surface area contributed by atoms with Crippen molar-refractivity contribution < 1.29 is 4.79 Å². The number of aldehydes is 1. The van der Waals surface area contributed by atoms with Gasteiger partial charge in [-0.1, -0.05) is 26.0 Å². The zero-order valence-corrected chi connectivity index (χ0v) is 8.44. The highest BCUT2D eigenvalue weighted by atomic mass is 16.1. The molecule has 0 spiro atoms. The van der Waals surface area contributed by atoms with Gasteiger partial charge in [0.05, 0.1) is 0 Å². The molecular formula is C12H18O. The first kappa shape index (κ1) is 8.98. The Balaban J connectivity index is 2.14. The Kier molecular flexibility index (Phi) is 2.27. The quantitative estimate of drug-likeness (QED) is 0.469. The van der Waals surface area contributed by atoms with Crippen LogP contribution in [-0.4, -0.2) is 6.29 Å². The lowest BCUT2D eigenvalue weighted by Crippen LogP contribution is -2.17. The second-order valence-corrected chi connectivity index (χ2v) is 4.78. The van der Waals surface area contributed by atoms with Crippen LogP contribution in [0, 0.1) is 29.6 Å². The first-order valence-corrected chi connectivity index (χ1v) is 5.36. The minimum absolute atomic E-state index is 0.250. The highest BCUT2D eigenvalue weighted by molar-refractivity contribution is 5.53. The topological polar surface area (TPSA) is 17.1 Å². The maximum atomic E-state index is 10.8. The molecule has 0 heterocycles. The molecule has 5 atom stereocenters. The van der Waals surface area contributed by atoms with E-state index >= 15 is 0 Å². The van der Waals surface area contributed by atoms with E-state index in [0.29, 0.717) is 11.8 Å². The van der Waals surface area contributed by atoms with E-state index in [0.717, 1.165) is 18.1 Å². The van der Waals surface area contributed by atoms with Crippen LogP contribution in [0.2, 0.25) is 0 Å². The van der Waals surface area contributed by atoms with E-state index < -0.39 is 0 Å². The molecule has 0 N–H and O–H groups in total. The van der Waals surface area contributed by atoms with E-state index in [4.69, 9.17) is 0 Å². The van der Waals surface area contributed by atoms with Crippen LogP contribution in [0.4, 0.5) is 0 Å². The van der Waals surface area contributed by atoms with Crippen molar-refractivity contribution in [2.45, 2.75) is 26.7 Å². The van der Waals surface area contributed by atoms with Gasteiger partial charge in [0, 0.05) is 5.92 Å². The average molecular weight is 178 g/mol. The summed E-state index contributed by atoms with van der Waals surface area (Å²) in [5.41, 5.74) is 0. The van der Waals surface area contributed by atoms with Gasteiger partial charge in [-0.05, 0) is 36.5 Å². The lowest BCUT2D eigenvalue weighted by Gasteiger charge is -2.19. The number of hydrogen-bond acceptors (Lipinski definition) is 1. The van der Waals surface area contributed by atoms with E-state index in [1.165, 1.54) is 12.8 Å². The van der Waals surface area contributed by atoms with Crippen LogP contribution >= 0.6 is 0 Å². The highest BCUT2D eigenvalue weighted by Gasteiger charge is 2.42. The van der Waals surface area contributed by atoms with Crippen molar-refractivity contribution in [3.8, 4) is 0 Å². The van der Waals surface area contributed by atoms with Crippen LogP contribution in [0.1, 0.15) is 26.7 Å². The molecule has 2 aliphatic carbocycles. The smallest absolute Gasteiger partial charge is 0.123 e. The first-order valence-electron chi connectivity index (χ1n) is 5.36. The van der Waals surface area contributed by atoms with Gasteiger partial charge in [0.15, 0.2) is 0 Å². The Morgan fingerprint density at radius 2 is 2.31 bits per heavy atom. The third-order valence-corrected chi connectivity index (χ3v) is 4.02. The van der Waals surface area contributed by atoms with Gasteiger partial charge >= 0.3 is 0 Å². The summed E-state index contributed by atoms with van der Waals surface area (Å²) in [6.07, 6.45) is 8.27. The molecule has 2 aliphatic rings. The fourth-order valence-corrected chi connectivity index (χ4v) is 3.19. The lowest BCUT2D eigenvalue weighted by atomic mass is 9.84. The van der Waals surface area contributed by atoms with Gasteiger partial charge in [0.2, 0.25) is 0 Å². The summed E-state index contributed by atoms with van der Waals surface area (Å²) < 4.78 is 0. The molecule has 1 saturated carbocycles. The average Bonchev–Trinajstić information content (AvgIpc) is 2.68. The number of rotatable bonds is 2. The zero-order valence-electron chi connectivity index (χ0n) is 8.44. The van der Waals surface area contributed by atoms with Crippen molar-refractivity contribution in [1.29, 1.82) is 0 Å². The summed E-state index contributed by atoms with van der Waals surface area (Å²) in [5, 5.41) is 0. The minimum Gasteiger partial charge on any atom is -0.303 e. The summed E-state index contributed by atoms with van der Waals surface area (Å²) in [6, 6.07) is 0. The Morgan fingerprint density at radius 3 is 3.00 bits per heavy atom. The molecule has 72 valence electrons. The van der Waals surface area contributed by atoms with Gasteiger partial charge in [0.1, 0.15) is 6.29 Å². The van der Waals surface area contributed by atoms with Gasteiger partial charge in [-0.25, -0.2) is 0 Å². The van der Waals surface area contributed by atoms with E-state index in [1.807, 2.05) is 0 Å². The van der Waals surface area contributed by atoms with Crippen molar-refractivity contribution in [3.05, 3.63) is 12.2 Å². The van der Waals surface area contributed by atoms with Crippen molar-refractivity contribution in [1.82, 2.24) is 0 Å². The molecule has 0 aliphatic heterocycles. The Labute approximate surface area is 80.2 Å². The second kappa shape index (κ2) is 3.28. The Bertz CT molecular complexity index is 231. The number of fused-ring (bicyclic) bond motifs is 1. The molecule has 0 amide bonds. The fraction of sp³-hybridized carbons (Fsp3) is 0.750. The molecule has 0 bridgehead atoms. The first-order chi connectivity index (χ1) is 6.24. The SMILES string of the molecule is CC(C=O)C1CC(C)C2CC=CC12. The van der Waals surface area contributed by atoms with Gasteiger partial charge in [-0.2, -0.15) is 0 Å². The minimum atomic E-state index is 0.250. The molecule has 2 rings (SSSR count). The summed E-state index contributed by atoms with van der Waals surface area (Å²) in [5.74, 6) is 3.23. The van der Waals surface area contributed by atoms with E-state index in [1.54, 1.807) is 0 Å². The Hall–Kier alpha value is -0.590. The van der Waals surface area contributed by atoms with E-state index in [2.05, 4.69) is 26.0 Å². The molecular weight excluding hydrogens is 160 g/mol. The largest absolute Gasteiger partial charge is 0.303 e. The van der Waals surface area contributed by atoms with Crippen LogP contribution < -0.4 is 0 Å². The number of carbonyl (C=O) groups excluding carboxylic acids is 1. The molecule has 0 aromatic carbocycles. The molecule has 0 aromatic heterocycles. The van der Waals surface area contributed by atoms with Crippen LogP contribution in [-0.2, 0) is 4.79 Å². The van der Waals surface area contributed by atoms with Crippen molar-refractivity contribution in [2.24, 2.45) is 29.6 Å².